The molecule has 0 bridgehead atoms. The Morgan fingerprint density at radius 3 is 2.62 bits per heavy atom. The normalized spacial score (nSPS) is 34.5. The average Bonchev–Trinajstić information content (AvgIpc) is 2.59. The van der Waals surface area contributed by atoms with Crippen molar-refractivity contribution in [2.75, 3.05) is 26.7 Å². The second kappa shape index (κ2) is 5.05. The Bertz CT molecular complexity index is 219. The zero-order valence-electron chi connectivity index (χ0n) is 11.3. The van der Waals surface area contributed by atoms with Crippen LogP contribution in [-0.4, -0.2) is 37.6 Å². The van der Waals surface area contributed by atoms with E-state index < -0.39 is 0 Å². The first kappa shape index (κ1) is 12.4. The van der Waals surface area contributed by atoms with Crippen LogP contribution >= 0.6 is 0 Å². The van der Waals surface area contributed by atoms with E-state index in [4.69, 9.17) is 0 Å². The number of nitrogens with zero attached hydrogens (tertiary/aromatic N) is 1. The molecule has 0 aromatic heterocycles. The third kappa shape index (κ3) is 2.78. The summed E-state index contributed by atoms with van der Waals surface area (Å²) >= 11 is 0. The Morgan fingerprint density at radius 2 is 2.06 bits per heavy atom. The maximum absolute atomic E-state index is 3.52. The molecule has 1 saturated heterocycles. The third-order valence-corrected chi connectivity index (χ3v) is 4.68. The molecule has 0 radical (unpaired) electrons. The molecule has 2 rings (SSSR count). The van der Waals surface area contributed by atoms with Crippen LogP contribution in [0.25, 0.3) is 0 Å². The molecule has 2 unspecified atom stereocenters. The highest BCUT2D eigenvalue weighted by atomic mass is 15.1. The molecular formula is C14H28N2. The molecule has 16 heavy (non-hydrogen) atoms. The molecule has 2 nitrogen and oxygen atoms in total. The van der Waals surface area contributed by atoms with Crippen LogP contribution in [0.4, 0.5) is 0 Å². The minimum absolute atomic E-state index is 0.539. The van der Waals surface area contributed by atoms with Crippen molar-refractivity contribution in [1.29, 1.82) is 0 Å². The molecular weight excluding hydrogens is 196 g/mol. The Hall–Kier alpha value is -0.0800. The lowest BCUT2D eigenvalue weighted by atomic mass is 9.86. The fourth-order valence-electron chi connectivity index (χ4n) is 3.74. The van der Waals surface area contributed by atoms with Crippen LogP contribution < -0.4 is 5.32 Å². The van der Waals surface area contributed by atoms with Gasteiger partial charge in [-0.1, -0.05) is 20.3 Å². The Kier molecular flexibility index (Phi) is 3.91. The Balaban J connectivity index is 1.84. The van der Waals surface area contributed by atoms with Gasteiger partial charge in [0.2, 0.25) is 0 Å². The smallest absolute Gasteiger partial charge is 0.0143 e. The van der Waals surface area contributed by atoms with Gasteiger partial charge in [0.15, 0.2) is 0 Å². The topological polar surface area (TPSA) is 15.3 Å². The molecule has 1 heterocycles. The number of hydrogen-bond acceptors (Lipinski definition) is 2. The minimum Gasteiger partial charge on any atom is -0.316 e. The fraction of sp³-hybridized carbons (Fsp3) is 1.00. The molecule has 2 fully saturated rings. The van der Waals surface area contributed by atoms with Crippen molar-refractivity contribution in [3.05, 3.63) is 0 Å². The van der Waals surface area contributed by atoms with Crippen LogP contribution in [-0.2, 0) is 0 Å². The summed E-state index contributed by atoms with van der Waals surface area (Å²) in [6.45, 7) is 8.65. The second-order valence-electron chi connectivity index (χ2n) is 6.55. The Morgan fingerprint density at radius 1 is 1.25 bits per heavy atom. The van der Waals surface area contributed by atoms with Crippen molar-refractivity contribution in [2.45, 2.75) is 52.0 Å². The number of nitrogens with one attached hydrogen (secondary N) is 1. The highest BCUT2D eigenvalue weighted by Crippen LogP contribution is 2.40. The van der Waals surface area contributed by atoms with E-state index in [1.165, 1.54) is 51.7 Å². The molecule has 2 aliphatic rings. The first-order valence-electron chi connectivity index (χ1n) is 7.00. The van der Waals surface area contributed by atoms with E-state index in [2.05, 4.69) is 31.1 Å². The van der Waals surface area contributed by atoms with Crippen molar-refractivity contribution >= 4 is 0 Å². The van der Waals surface area contributed by atoms with Crippen molar-refractivity contribution in [1.82, 2.24) is 10.2 Å². The molecule has 1 saturated carbocycles. The predicted octanol–water partition coefficient (Wildman–Crippen LogP) is 2.50. The third-order valence-electron chi connectivity index (χ3n) is 4.68. The summed E-state index contributed by atoms with van der Waals surface area (Å²) in [6.07, 6.45) is 7.02. The summed E-state index contributed by atoms with van der Waals surface area (Å²) in [7, 11) is 2.34. The van der Waals surface area contributed by atoms with E-state index in [-0.39, 0.29) is 0 Å². The lowest BCUT2D eigenvalue weighted by Crippen LogP contribution is -2.44. The fourth-order valence-corrected chi connectivity index (χ4v) is 3.74. The number of hydrogen-bond donors (Lipinski definition) is 1. The van der Waals surface area contributed by atoms with E-state index in [1.54, 1.807) is 0 Å². The highest BCUT2D eigenvalue weighted by Gasteiger charge is 2.37. The predicted molar refractivity (Wildman–Crippen MR) is 69.6 cm³/mol. The van der Waals surface area contributed by atoms with Gasteiger partial charge in [0, 0.05) is 12.6 Å². The van der Waals surface area contributed by atoms with Crippen molar-refractivity contribution < 1.29 is 0 Å². The van der Waals surface area contributed by atoms with Crippen LogP contribution in [0.15, 0.2) is 0 Å². The minimum atomic E-state index is 0.539. The Labute approximate surface area is 101 Å². The first-order valence-corrected chi connectivity index (χ1v) is 7.00. The molecule has 0 aromatic rings. The molecule has 0 amide bonds. The van der Waals surface area contributed by atoms with Crippen molar-refractivity contribution in [2.24, 2.45) is 11.3 Å². The quantitative estimate of drug-likeness (QED) is 0.792. The van der Waals surface area contributed by atoms with Crippen molar-refractivity contribution in [3.63, 3.8) is 0 Å². The van der Waals surface area contributed by atoms with Gasteiger partial charge in [-0.05, 0) is 57.2 Å². The van der Waals surface area contributed by atoms with E-state index in [9.17, 15) is 0 Å². The van der Waals surface area contributed by atoms with Crippen molar-refractivity contribution in [3.8, 4) is 0 Å². The van der Waals surface area contributed by atoms with Gasteiger partial charge in [-0.3, -0.25) is 0 Å². The zero-order valence-corrected chi connectivity index (χ0v) is 11.3. The largest absolute Gasteiger partial charge is 0.316 e. The van der Waals surface area contributed by atoms with Gasteiger partial charge in [-0.25, -0.2) is 0 Å². The van der Waals surface area contributed by atoms with E-state index in [1.807, 2.05) is 0 Å². The molecule has 1 aliphatic heterocycles. The molecule has 0 spiro atoms. The molecule has 1 N–H and O–H groups in total. The number of piperidine rings is 1. The van der Waals surface area contributed by atoms with Crippen LogP contribution in [0.3, 0.4) is 0 Å². The van der Waals surface area contributed by atoms with Gasteiger partial charge in [0.1, 0.15) is 0 Å². The standard InChI is InChI=1S/C14H28N2/c1-14(2)8-4-7-13(14)16(3)11-12-6-5-9-15-10-12/h12-13,15H,4-11H2,1-3H3. The molecule has 2 heteroatoms. The van der Waals surface area contributed by atoms with Gasteiger partial charge in [0.05, 0.1) is 0 Å². The summed E-state index contributed by atoms with van der Waals surface area (Å²) in [5, 5.41) is 3.52. The zero-order chi connectivity index (χ0) is 11.6. The van der Waals surface area contributed by atoms with E-state index in [0.29, 0.717) is 5.41 Å². The van der Waals surface area contributed by atoms with Crippen LogP contribution in [0, 0.1) is 11.3 Å². The van der Waals surface area contributed by atoms with E-state index in [0.717, 1.165) is 12.0 Å². The maximum atomic E-state index is 3.52. The lowest BCUT2D eigenvalue weighted by Gasteiger charge is -2.38. The summed E-state index contributed by atoms with van der Waals surface area (Å²) in [5.41, 5.74) is 0.539. The highest BCUT2D eigenvalue weighted by molar-refractivity contribution is 4.91. The lowest BCUT2D eigenvalue weighted by molar-refractivity contribution is 0.116. The van der Waals surface area contributed by atoms with Gasteiger partial charge in [-0.2, -0.15) is 0 Å². The number of rotatable bonds is 3. The van der Waals surface area contributed by atoms with Gasteiger partial charge in [-0.15, -0.1) is 0 Å². The summed E-state index contributed by atoms with van der Waals surface area (Å²) < 4.78 is 0. The maximum Gasteiger partial charge on any atom is 0.0143 e. The van der Waals surface area contributed by atoms with Gasteiger partial charge < -0.3 is 10.2 Å². The molecule has 94 valence electrons. The van der Waals surface area contributed by atoms with Crippen LogP contribution in [0.2, 0.25) is 0 Å². The van der Waals surface area contributed by atoms with Crippen LogP contribution in [0.5, 0.6) is 0 Å². The first-order chi connectivity index (χ1) is 7.59. The summed E-state index contributed by atoms with van der Waals surface area (Å²) in [5.74, 6) is 0.884. The SMILES string of the molecule is CN(CC1CCCNC1)C1CCCC1(C)C. The average molecular weight is 224 g/mol. The van der Waals surface area contributed by atoms with Crippen LogP contribution in [0.1, 0.15) is 46.0 Å². The molecule has 2 atom stereocenters. The van der Waals surface area contributed by atoms with E-state index >= 15 is 0 Å². The monoisotopic (exact) mass is 224 g/mol. The van der Waals surface area contributed by atoms with Gasteiger partial charge >= 0.3 is 0 Å². The van der Waals surface area contributed by atoms with Gasteiger partial charge in [0.25, 0.3) is 0 Å². The summed E-state index contributed by atoms with van der Waals surface area (Å²) in [6, 6.07) is 0.814. The summed E-state index contributed by atoms with van der Waals surface area (Å²) in [4.78, 5) is 2.64. The molecule has 0 aromatic carbocycles. The second-order valence-corrected chi connectivity index (χ2v) is 6.55. The molecule has 1 aliphatic carbocycles.